The molecule has 2 aromatic heterocycles. The Hall–Kier alpha value is -1.16. The molecule has 20 heavy (non-hydrogen) atoms. The average molecular weight is 287 g/mol. The zero-order chi connectivity index (χ0) is 13.5. The van der Waals surface area contributed by atoms with E-state index in [1.54, 1.807) is 4.88 Å². The summed E-state index contributed by atoms with van der Waals surface area (Å²) in [5.41, 5.74) is 1.53. The Morgan fingerprint density at radius 2 is 1.85 bits per heavy atom. The Morgan fingerprint density at radius 3 is 2.65 bits per heavy atom. The molecule has 0 atom stereocenters. The number of thiophene rings is 1. The van der Waals surface area contributed by atoms with Crippen LogP contribution in [-0.2, 0) is 12.8 Å². The van der Waals surface area contributed by atoms with E-state index < -0.39 is 0 Å². The van der Waals surface area contributed by atoms with Gasteiger partial charge in [0, 0.05) is 17.8 Å². The van der Waals surface area contributed by atoms with Crippen LogP contribution >= 0.6 is 11.3 Å². The molecule has 4 rings (SSSR count). The minimum atomic E-state index is 0.589. The van der Waals surface area contributed by atoms with Crippen molar-refractivity contribution in [2.75, 3.05) is 12.4 Å². The van der Waals surface area contributed by atoms with Gasteiger partial charge in [-0.1, -0.05) is 12.8 Å². The Morgan fingerprint density at radius 1 is 1.05 bits per heavy atom. The normalized spacial score (nSPS) is 19.4. The molecule has 0 aliphatic heterocycles. The molecular weight excluding hydrogens is 266 g/mol. The van der Waals surface area contributed by atoms with Gasteiger partial charge < -0.3 is 5.32 Å². The van der Waals surface area contributed by atoms with Crippen LogP contribution in [0.4, 0.5) is 5.82 Å². The van der Waals surface area contributed by atoms with Crippen LogP contribution < -0.4 is 5.32 Å². The molecule has 2 aliphatic rings. The summed E-state index contributed by atoms with van der Waals surface area (Å²) in [5.74, 6) is 2.74. The molecule has 0 amide bonds. The largest absolute Gasteiger partial charge is 0.372 e. The van der Waals surface area contributed by atoms with E-state index >= 15 is 0 Å². The lowest BCUT2D eigenvalue weighted by Gasteiger charge is -2.13. The molecule has 0 radical (unpaired) electrons. The molecule has 0 aromatic carbocycles. The maximum absolute atomic E-state index is 4.94. The lowest BCUT2D eigenvalue weighted by Crippen LogP contribution is -2.05. The first-order valence-electron chi connectivity index (χ1n) is 7.86. The van der Waals surface area contributed by atoms with Gasteiger partial charge in [-0.2, -0.15) is 0 Å². The predicted molar refractivity (Wildman–Crippen MR) is 84.8 cm³/mol. The molecule has 2 aromatic rings. The van der Waals surface area contributed by atoms with Gasteiger partial charge in [0.1, 0.15) is 16.5 Å². The third-order valence-electron chi connectivity index (χ3n) is 4.79. The SMILES string of the molecule is CNc1nc(C2CCCC2)nc2sc3c(c12)CCCC3. The molecule has 0 spiro atoms. The van der Waals surface area contributed by atoms with Gasteiger partial charge >= 0.3 is 0 Å². The van der Waals surface area contributed by atoms with E-state index in [-0.39, 0.29) is 0 Å². The van der Waals surface area contributed by atoms with Crippen LogP contribution in [0.2, 0.25) is 0 Å². The molecule has 2 heterocycles. The van der Waals surface area contributed by atoms with E-state index in [4.69, 9.17) is 9.97 Å². The molecule has 4 heteroatoms. The maximum Gasteiger partial charge on any atom is 0.138 e. The van der Waals surface area contributed by atoms with Crippen molar-refractivity contribution in [1.82, 2.24) is 9.97 Å². The lowest BCUT2D eigenvalue weighted by molar-refractivity contribution is 0.673. The fourth-order valence-corrected chi connectivity index (χ4v) is 4.99. The number of nitrogens with zero attached hydrogens (tertiary/aromatic N) is 2. The Kier molecular flexibility index (Phi) is 3.14. The summed E-state index contributed by atoms with van der Waals surface area (Å²) < 4.78 is 0. The van der Waals surface area contributed by atoms with E-state index in [0.29, 0.717) is 5.92 Å². The molecule has 2 aliphatic carbocycles. The number of hydrogen-bond donors (Lipinski definition) is 1. The van der Waals surface area contributed by atoms with Gasteiger partial charge in [-0.3, -0.25) is 0 Å². The molecule has 1 N–H and O–H groups in total. The highest BCUT2D eigenvalue weighted by Crippen LogP contribution is 2.40. The van der Waals surface area contributed by atoms with Gasteiger partial charge in [-0.05, 0) is 44.1 Å². The third-order valence-corrected chi connectivity index (χ3v) is 5.97. The first-order valence-corrected chi connectivity index (χ1v) is 8.68. The summed E-state index contributed by atoms with van der Waals surface area (Å²) in [4.78, 5) is 12.6. The van der Waals surface area contributed by atoms with Gasteiger partial charge in [0.05, 0.1) is 5.39 Å². The summed E-state index contributed by atoms with van der Waals surface area (Å²) in [6.07, 6.45) is 10.3. The summed E-state index contributed by atoms with van der Waals surface area (Å²) in [5, 5.41) is 4.64. The molecule has 106 valence electrons. The number of hydrogen-bond acceptors (Lipinski definition) is 4. The highest BCUT2D eigenvalue weighted by Gasteiger charge is 2.24. The molecule has 1 fully saturated rings. The summed E-state index contributed by atoms with van der Waals surface area (Å²) in [6.45, 7) is 0. The van der Waals surface area contributed by atoms with Crippen molar-refractivity contribution in [3.63, 3.8) is 0 Å². The fraction of sp³-hybridized carbons (Fsp3) is 0.625. The first-order chi connectivity index (χ1) is 9.86. The fourth-order valence-electron chi connectivity index (χ4n) is 3.72. The van der Waals surface area contributed by atoms with Crippen LogP contribution in [0.15, 0.2) is 0 Å². The van der Waals surface area contributed by atoms with Gasteiger partial charge in [-0.15, -0.1) is 11.3 Å². The first kappa shape index (κ1) is 12.6. The number of fused-ring (bicyclic) bond motifs is 3. The Balaban J connectivity index is 1.89. The number of rotatable bonds is 2. The number of aromatic nitrogens is 2. The minimum absolute atomic E-state index is 0.589. The van der Waals surface area contributed by atoms with Gasteiger partial charge in [0.25, 0.3) is 0 Å². The zero-order valence-corrected chi connectivity index (χ0v) is 12.9. The van der Waals surface area contributed by atoms with Crippen LogP contribution in [0.3, 0.4) is 0 Å². The maximum atomic E-state index is 4.94. The van der Waals surface area contributed by atoms with E-state index in [1.165, 1.54) is 67.1 Å². The van der Waals surface area contributed by atoms with Crippen molar-refractivity contribution >= 4 is 27.4 Å². The van der Waals surface area contributed by atoms with E-state index in [2.05, 4.69) is 5.32 Å². The number of anilines is 1. The molecule has 3 nitrogen and oxygen atoms in total. The summed E-state index contributed by atoms with van der Waals surface area (Å²) >= 11 is 1.91. The van der Waals surface area contributed by atoms with Crippen LogP contribution in [0.25, 0.3) is 10.2 Å². The predicted octanol–water partition coefficient (Wildman–Crippen LogP) is 4.27. The van der Waals surface area contributed by atoms with Crippen molar-refractivity contribution in [3.05, 3.63) is 16.3 Å². The van der Waals surface area contributed by atoms with Crippen molar-refractivity contribution in [2.24, 2.45) is 0 Å². The molecule has 0 bridgehead atoms. The van der Waals surface area contributed by atoms with Crippen LogP contribution in [0.5, 0.6) is 0 Å². The van der Waals surface area contributed by atoms with Gasteiger partial charge in [0.15, 0.2) is 0 Å². The highest BCUT2D eigenvalue weighted by molar-refractivity contribution is 7.19. The minimum Gasteiger partial charge on any atom is -0.372 e. The molecule has 0 saturated heterocycles. The molecule has 0 unspecified atom stereocenters. The summed E-state index contributed by atoms with van der Waals surface area (Å²) in [7, 11) is 1.99. The van der Waals surface area contributed by atoms with Crippen molar-refractivity contribution in [2.45, 2.75) is 57.3 Å². The smallest absolute Gasteiger partial charge is 0.138 e. The Labute approximate surface area is 123 Å². The zero-order valence-electron chi connectivity index (χ0n) is 12.0. The van der Waals surface area contributed by atoms with Crippen molar-refractivity contribution in [1.29, 1.82) is 0 Å². The van der Waals surface area contributed by atoms with Crippen molar-refractivity contribution in [3.8, 4) is 0 Å². The van der Waals surface area contributed by atoms with E-state index in [1.807, 2.05) is 18.4 Å². The number of nitrogens with one attached hydrogen (secondary N) is 1. The quantitative estimate of drug-likeness (QED) is 0.896. The van der Waals surface area contributed by atoms with E-state index in [0.717, 1.165) is 11.6 Å². The molecular formula is C16H21N3S. The van der Waals surface area contributed by atoms with Crippen LogP contribution in [-0.4, -0.2) is 17.0 Å². The highest BCUT2D eigenvalue weighted by atomic mass is 32.1. The number of aryl methyl sites for hydroxylation is 2. The van der Waals surface area contributed by atoms with Crippen LogP contribution in [0.1, 0.15) is 60.7 Å². The topological polar surface area (TPSA) is 37.8 Å². The Bertz CT molecular complexity index is 641. The van der Waals surface area contributed by atoms with Crippen molar-refractivity contribution < 1.29 is 0 Å². The second-order valence-electron chi connectivity index (χ2n) is 6.05. The summed E-state index contributed by atoms with van der Waals surface area (Å²) in [6, 6.07) is 0. The van der Waals surface area contributed by atoms with Crippen LogP contribution in [0, 0.1) is 0 Å². The van der Waals surface area contributed by atoms with Gasteiger partial charge in [0.2, 0.25) is 0 Å². The standard InChI is InChI=1S/C16H21N3S/c1-17-15-13-11-8-4-5-9-12(11)20-16(13)19-14(18-15)10-6-2-3-7-10/h10H,2-9H2,1H3,(H,17,18,19). The third kappa shape index (κ3) is 1.93. The lowest BCUT2D eigenvalue weighted by atomic mass is 9.97. The monoisotopic (exact) mass is 287 g/mol. The average Bonchev–Trinajstić information content (AvgIpc) is 3.13. The van der Waals surface area contributed by atoms with Gasteiger partial charge in [-0.25, -0.2) is 9.97 Å². The molecule has 1 saturated carbocycles. The van der Waals surface area contributed by atoms with E-state index in [9.17, 15) is 0 Å². The second kappa shape index (κ2) is 4.99. The second-order valence-corrected chi connectivity index (χ2v) is 7.14.